The summed E-state index contributed by atoms with van der Waals surface area (Å²) >= 11 is 0. The monoisotopic (exact) mass is 407 g/mol. The van der Waals surface area contributed by atoms with Gasteiger partial charge in [0.1, 0.15) is 0 Å². The van der Waals surface area contributed by atoms with E-state index in [-0.39, 0.29) is 6.04 Å². The van der Waals surface area contributed by atoms with Crippen molar-refractivity contribution in [3.63, 3.8) is 0 Å². The molecule has 0 amide bonds. The molecule has 1 fully saturated rings. The lowest BCUT2D eigenvalue weighted by Crippen LogP contribution is -2.38. The third kappa shape index (κ3) is 6.23. The lowest BCUT2D eigenvalue weighted by atomic mass is 10.1. The van der Waals surface area contributed by atoms with Gasteiger partial charge in [-0.05, 0) is 69.6 Å². The smallest absolute Gasteiger partial charge is 0.192 e. The molecule has 1 aliphatic rings. The molecule has 3 rings (SSSR count). The Bertz CT molecular complexity index is 824. The van der Waals surface area contributed by atoms with E-state index in [1.807, 2.05) is 0 Å². The minimum absolute atomic E-state index is 0.183. The van der Waals surface area contributed by atoms with Crippen LogP contribution in [0.1, 0.15) is 49.4 Å². The molecule has 1 heterocycles. The number of anilines is 1. The summed E-state index contributed by atoms with van der Waals surface area (Å²) in [7, 11) is 4.20. The highest BCUT2D eigenvalue weighted by Gasteiger charge is 2.14. The fraction of sp³-hybridized carbons (Fsp3) is 0.480. The first-order valence-electron chi connectivity index (χ1n) is 11.2. The van der Waals surface area contributed by atoms with Crippen molar-refractivity contribution in [1.82, 2.24) is 15.5 Å². The highest BCUT2D eigenvalue weighted by atomic mass is 15.2. The molecular weight excluding hydrogens is 370 g/mol. The van der Waals surface area contributed by atoms with Crippen LogP contribution in [0, 0.1) is 0 Å². The Kier molecular flexibility index (Phi) is 8.14. The Morgan fingerprint density at radius 2 is 1.80 bits per heavy atom. The molecule has 0 aromatic heterocycles. The number of nitrogens with one attached hydrogen (secondary N) is 2. The van der Waals surface area contributed by atoms with Crippen LogP contribution < -0.4 is 15.5 Å². The standard InChI is InChI=1S/C25H37N5/c1-5-26-25(27-18-22-11-6-7-12-23(22)19-29(3)4)28-20(2)21-13-10-14-24(17-21)30-15-8-9-16-30/h6-7,10-14,17,20H,5,8-9,15-16,18-19H2,1-4H3,(H2,26,27,28). The van der Waals surface area contributed by atoms with E-state index in [2.05, 4.69) is 96.9 Å². The Morgan fingerprint density at radius 3 is 2.50 bits per heavy atom. The number of guanidine groups is 1. The fourth-order valence-electron chi connectivity index (χ4n) is 3.95. The number of hydrogen-bond acceptors (Lipinski definition) is 3. The Labute approximate surface area is 182 Å². The zero-order chi connectivity index (χ0) is 21.3. The van der Waals surface area contributed by atoms with Crippen molar-refractivity contribution in [2.24, 2.45) is 4.99 Å². The number of benzene rings is 2. The van der Waals surface area contributed by atoms with Crippen molar-refractivity contribution in [2.45, 2.75) is 45.8 Å². The Balaban J connectivity index is 1.70. The topological polar surface area (TPSA) is 42.9 Å². The predicted molar refractivity (Wildman–Crippen MR) is 128 cm³/mol. The van der Waals surface area contributed by atoms with Crippen LogP contribution in [0.25, 0.3) is 0 Å². The fourth-order valence-corrected chi connectivity index (χ4v) is 3.95. The summed E-state index contributed by atoms with van der Waals surface area (Å²) in [6.45, 7) is 9.08. The summed E-state index contributed by atoms with van der Waals surface area (Å²) in [5.74, 6) is 0.858. The lowest BCUT2D eigenvalue weighted by molar-refractivity contribution is 0.401. The van der Waals surface area contributed by atoms with Crippen molar-refractivity contribution >= 4 is 11.6 Å². The first-order chi connectivity index (χ1) is 14.6. The van der Waals surface area contributed by atoms with Gasteiger partial charge in [0, 0.05) is 31.9 Å². The SMILES string of the molecule is CCNC(=NCc1ccccc1CN(C)C)NC(C)c1cccc(N2CCCC2)c1. The van der Waals surface area contributed by atoms with E-state index in [1.54, 1.807) is 0 Å². The van der Waals surface area contributed by atoms with Gasteiger partial charge < -0.3 is 20.4 Å². The second-order valence-corrected chi connectivity index (χ2v) is 8.36. The summed E-state index contributed by atoms with van der Waals surface area (Å²) in [5.41, 5.74) is 5.22. The molecule has 1 atom stereocenters. The maximum absolute atomic E-state index is 4.88. The van der Waals surface area contributed by atoms with Crippen molar-refractivity contribution < 1.29 is 0 Å². The van der Waals surface area contributed by atoms with Gasteiger partial charge in [-0.1, -0.05) is 36.4 Å². The molecule has 0 spiro atoms. The molecule has 0 saturated carbocycles. The van der Waals surface area contributed by atoms with Gasteiger partial charge in [0.25, 0.3) is 0 Å². The van der Waals surface area contributed by atoms with E-state index in [1.165, 1.54) is 48.3 Å². The van der Waals surface area contributed by atoms with Crippen LogP contribution in [0.2, 0.25) is 0 Å². The minimum atomic E-state index is 0.183. The third-order valence-corrected chi connectivity index (χ3v) is 5.55. The number of aliphatic imine (C=N–C) groups is 1. The second kappa shape index (κ2) is 11.0. The molecule has 0 bridgehead atoms. The maximum Gasteiger partial charge on any atom is 0.192 e. The molecule has 162 valence electrons. The average molecular weight is 408 g/mol. The van der Waals surface area contributed by atoms with Crippen molar-refractivity contribution in [3.8, 4) is 0 Å². The van der Waals surface area contributed by atoms with Gasteiger partial charge >= 0.3 is 0 Å². The van der Waals surface area contributed by atoms with Gasteiger partial charge in [0.15, 0.2) is 5.96 Å². The molecule has 1 unspecified atom stereocenters. The summed E-state index contributed by atoms with van der Waals surface area (Å²) in [5, 5.41) is 6.99. The van der Waals surface area contributed by atoms with Crippen LogP contribution in [0.5, 0.6) is 0 Å². The Morgan fingerprint density at radius 1 is 1.07 bits per heavy atom. The zero-order valence-corrected chi connectivity index (χ0v) is 19.0. The molecule has 2 aromatic rings. The van der Waals surface area contributed by atoms with Crippen LogP contribution in [-0.2, 0) is 13.1 Å². The van der Waals surface area contributed by atoms with Crippen LogP contribution >= 0.6 is 0 Å². The molecule has 5 nitrogen and oxygen atoms in total. The third-order valence-electron chi connectivity index (χ3n) is 5.55. The van der Waals surface area contributed by atoms with Gasteiger partial charge in [0.05, 0.1) is 12.6 Å². The zero-order valence-electron chi connectivity index (χ0n) is 19.0. The van der Waals surface area contributed by atoms with Crippen LogP contribution in [-0.4, -0.2) is 44.6 Å². The second-order valence-electron chi connectivity index (χ2n) is 8.36. The van der Waals surface area contributed by atoms with E-state index in [0.717, 1.165) is 19.0 Å². The molecule has 2 N–H and O–H groups in total. The largest absolute Gasteiger partial charge is 0.372 e. The van der Waals surface area contributed by atoms with E-state index in [9.17, 15) is 0 Å². The normalized spacial score (nSPS) is 15.5. The van der Waals surface area contributed by atoms with E-state index >= 15 is 0 Å². The molecule has 1 saturated heterocycles. The molecule has 0 radical (unpaired) electrons. The molecule has 2 aromatic carbocycles. The Hall–Kier alpha value is -2.53. The molecule has 0 aliphatic carbocycles. The number of rotatable bonds is 8. The molecule has 5 heteroatoms. The number of nitrogens with zero attached hydrogens (tertiary/aromatic N) is 3. The summed E-state index contributed by atoms with van der Waals surface area (Å²) < 4.78 is 0. The van der Waals surface area contributed by atoms with Crippen LogP contribution in [0.4, 0.5) is 5.69 Å². The van der Waals surface area contributed by atoms with E-state index in [0.29, 0.717) is 6.54 Å². The minimum Gasteiger partial charge on any atom is -0.372 e. The molecule has 30 heavy (non-hydrogen) atoms. The van der Waals surface area contributed by atoms with Crippen molar-refractivity contribution in [2.75, 3.05) is 38.6 Å². The average Bonchev–Trinajstić information content (AvgIpc) is 3.28. The highest BCUT2D eigenvalue weighted by Crippen LogP contribution is 2.24. The first-order valence-corrected chi connectivity index (χ1v) is 11.2. The summed E-state index contributed by atoms with van der Waals surface area (Å²) in [6.07, 6.45) is 2.59. The maximum atomic E-state index is 4.88. The first kappa shape index (κ1) is 22.2. The van der Waals surface area contributed by atoms with E-state index in [4.69, 9.17) is 4.99 Å². The summed E-state index contributed by atoms with van der Waals surface area (Å²) in [4.78, 5) is 9.56. The van der Waals surface area contributed by atoms with Gasteiger partial charge in [-0.15, -0.1) is 0 Å². The molecular formula is C25H37N5. The van der Waals surface area contributed by atoms with Crippen molar-refractivity contribution in [1.29, 1.82) is 0 Å². The quantitative estimate of drug-likeness (QED) is 0.509. The number of hydrogen-bond donors (Lipinski definition) is 2. The van der Waals surface area contributed by atoms with Gasteiger partial charge in [0.2, 0.25) is 0 Å². The van der Waals surface area contributed by atoms with Crippen LogP contribution in [0.15, 0.2) is 53.5 Å². The van der Waals surface area contributed by atoms with Crippen molar-refractivity contribution in [3.05, 3.63) is 65.2 Å². The highest BCUT2D eigenvalue weighted by molar-refractivity contribution is 5.80. The van der Waals surface area contributed by atoms with Gasteiger partial charge in [-0.25, -0.2) is 4.99 Å². The van der Waals surface area contributed by atoms with Crippen LogP contribution in [0.3, 0.4) is 0 Å². The lowest BCUT2D eigenvalue weighted by Gasteiger charge is -2.22. The van der Waals surface area contributed by atoms with Gasteiger partial charge in [-0.3, -0.25) is 0 Å². The molecule has 1 aliphatic heterocycles. The summed E-state index contributed by atoms with van der Waals surface area (Å²) in [6, 6.07) is 17.7. The van der Waals surface area contributed by atoms with Gasteiger partial charge in [-0.2, -0.15) is 0 Å². The van der Waals surface area contributed by atoms with E-state index < -0.39 is 0 Å². The predicted octanol–water partition coefficient (Wildman–Crippen LogP) is 4.16.